The molecule has 2 aromatic rings. The van der Waals surface area contributed by atoms with Gasteiger partial charge in [-0.05, 0) is 19.9 Å². The molecule has 2 heterocycles. The van der Waals surface area contributed by atoms with E-state index >= 15 is 0 Å². The van der Waals surface area contributed by atoms with Gasteiger partial charge in [0.25, 0.3) is 5.91 Å². The molecular formula is C17H15N3O6. The molecule has 0 radical (unpaired) electrons. The first-order valence-electron chi connectivity index (χ1n) is 7.64. The second-order valence-electron chi connectivity index (χ2n) is 5.47. The average Bonchev–Trinajstić information content (AvgIpc) is 3.06. The second-order valence-corrected chi connectivity index (χ2v) is 5.47. The number of esters is 1. The fourth-order valence-electron chi connectivity index (χ4n) is 2.23. The van der Waals surface area contributed by atoms with Gasteiger partial charge < -0.3 is 19.5 Å². The number of rotatable bonds is 5. The highest BCUT2D eigenvalue weighted by atomic mass is 16.7. The van der Waals surface area contributed by atoms with E-state index in [1.807, 2.05) is 0 Å². The zero-order valence-corrected chi connectivity index (χ0v) is 14.1. The second kappa shape index (κ2) is 7.18. The van der Waals surface area contributed by atoms with E-state index < -0.39 is 18.5 Å². The van der Waals surface area contributed by atoms with Crippen molar-refractivity contribution in [3.8, 4) is 11.5 Å². The Bertz CT molecular complexity index is 879. The van der Waals surface area contributed by atoms with E-state index in [-0.39, 0.29) is 29.5 Å². The Morgan fingerprint density at radius 2 is 1.88 bits per heavy atom. The molecule has 0 fully saturated rings. The largest absolute Gasteiger partial charge is 0.454 e. The van der Waals surface area contributed by atoms with Gasteiger partial charge in [0.05, 0.1) is 17.6 Å². The molecular weight excluding hydrogens is 342 g/mol. The molecule has 134 valence electrons. The highest BCUT2D eigenvalue weighted by Gasteiger charge is 2.21. The molecule has 0 aliphatic carbocycles. The minimum atomic E-state index is -0.773. The van der Waals surface area contributed by atoms with Gasteiger partial charge in [0.2, 0.25) is 6.79 Å². The third-order valence-electron chi connectivity index (χ3n) is 3.49. The van der Waals surface area contributed by atoms with Crippen molar-refractivity contribution < 1.29 is 28.6 Å². The summed E-state index contributed by atoms with van der Waals surface area (Å²) < 4.78 is 15.4. The SMILES string of the molecule is CC(=O)c1cc2c(cc1NC(=O)COC(=O)c1cnc(C)cn1)OCO2. The third kappa shape index (κ3) is 3.77. The Morgan fingerprint density at radius 3 is 2.54 bits per heavy atom. The molecule has 9 nitrogen and oxygen atoms in total. The number of benzene rings is 1. The average molecular weight is 357 g/mol. The van der Waals surface area contributed by atoms with Crippen LogP contribution in [0.5, 0.6) is 11.5 Å². The third-order valence-corrected chi connectivity index (χ3v) is 3.49. The maximum absolute atomic E-state index is 12.1. The quantitative estimate of drug-likeness (QED) is 0.632. The monoisotopic (exact) mass is 357 g/mol. The number of carbonyl (C=O) groups is 3. The number of anilines is 1. The summed E-state index contributed by atoms with van der Waals surface area (Å²) in [5.41, 5.74) is 1.16. The fraction of sp³-hybridized carbons (Fsp3) is 0.235. The Kier molecular flexibility index (Phi) is 4.78. The molecule has 0 spiro atoms. The van der Waals surface area contributed by atoms with E-state index in [1.165, 1.54) is 31.5 Å². The van der Waals surface area contributed by atoms with E-state index in [4.69, 9.17) is 14.2 Å². The summed E-state index contributed by atoms with van der Waals surface area (Å²) in [6.45, 7) is 2.59. The van der Waals surface area contributed by atoms with E-state index in [1.54, 1.807) is 6.92 Å². The number of aryl methyl sites for hydroxylation is 1. The number of hydrogen-bond donors (Lipinski definition) is 1. The van der Waals surface area contributed by atoms with Gasteiger partial charge in [0, 0.05) is 17.8 Å². The Hall–Kier alpha value is -3.49. The molecule has 0 saturated heterocycles. The van der Waals surface area contributed by atoms with Gasteiger partial charge in [-0.1, -0.05) is 0 Å². The van der Waals surface area contributed by atoms with Gasteiger partial charge in [-0.3, -0.25) is 14.6 Å². The smallest absolute Gasteiger partial charge is 0.359 e. The number of nitrogens with one attached hydrogen (secondary N) is 1. The summed E-state index contributed by atoms with van der Waals surface area (Å²) in [4.78, 5) is 43.5. The standard InChI is InChI=1S/C17H15N3O6/c1-9-5-19-13(6-18-9)17(23)24-7-16(22)20-12-4-15-14(25-8-26-15)3-11(12)10(2)21/h3-6H,7-8H2,1-2H3,(H,20,22). The van der Waals surface area contributed by atoms with Crippen molar-refractivity contribution in [2.75, 3.05) is 18.7 Å². The van der Waals surface area contributed by atoms with Crippen molar-refractivity contribution in [1.82, 2.24) is 9.97 Å². The predicted octanol–water partition coefficient (Wildman–Crippen LogP) is 1.51. The zero-order valence-electron chi connectivity index (χ0n) is 14.1. The van der Waals surface area contributed by atoms with Crippen molar-refractivity contribution in [2.24, 2.45) is 0 Å². The summed E-state index contributed by atoms with van der Waals surface area (Å²) in [5, 5.41) is 2.53. The number of aromatic nitrogens is 2. The molecule has 1 aliphatic heterocycles. The van der Waals surface area contributed by atoms with Gasteiger partial charge in [-0.15, -0.1) is 0 Å². The molecule has 1 N–H and O–H groups in total. The van der Waals surface area contributed by atoms with Crippen LogP contribution in [-0.2, 0) is 9.53 Å². The fourth-order valence-corrected chi connectivity index (χ4v) is 2.23. The Balaban J connectivity index is 1.65. The van der Waals surface area contributed by atoms with Crippen molar-refractivity contribution in [2.45, 2.75) is 13.8 Å². The minimum Gasteiger partial charge on any atom is -0.454 e. The van der Waals surface area contributed by atoms with Gasteiger partial charge in [0.1, 0.15) is 0 Å². The molecule has 0 unspecified atom stereocenters. The number of fused-ring (bicyclic) bond motifs is 1. The molecule has 1 aliphatic rings. The summed E-state index contributed by atoms with van der Waals surface area (Å²) >= 11 is 0. The molecule has 1 aromatic carbocycles. The zero-order chi connectivity index (χ0) is 18.7. The summed E-state index contributed by atoms with van der Waals surface area (Å²) in [6.07, 6.45) is 2.68. The molecule has 9 heteroatoms. The van der Waals surface area contributed by atoms with Crippen LogP contribution in [0.4, 0.5) is 5.69 Å². The van der Waals surface area contributed by atoms with Crippen LogP contribution in [-0.4, -0.2) is 41.0 Å². The lowest BCUT2D eigenvalue weighted by Crippen LogP contribution is -2.22. The maximum Gasteiger partial charge on any atom is 0.359 e. The molecule has 0 saturated carbocycles. The number of Topliss-reactive ketones (excluding diaryl/α,β-unsaturated/α-hetero) is 1. The minimum absolute atomic E-state index is 0.00379. The number of amides is 1. The molecule has 0 bridgehead atoms. The van der Waals surface area contributed by atoms with E-state index in [0.29, 0.717) is 17.2 Å². The van der Waals surface area contributed by atoms with Crippen LogP contribution in [0.25, 0.3) is 0 Å². The van der Waals surface area contributed by atoms with E-state index in [9.17, 15) is 14.4 Å². The topological polar surface area (TPSA) is 117 Å². The number of ketones is 1. The molecule has 26 heavy (non-hydrogen) atoms. The van der Waals surface area contributed by atoms with Crippen LogP contribution in [0.2, 0.25) is 0 Å². The molecule has 3 rings (SSSR count). The number of ether oxygens (including phenoxy) is 3. The van der Waals surface area contributed by atoms with Crippen LogP contribution >= 0.6 is 0 Å². The molecule has 1 aromatic heterocycles. The lowest BCUT2D eigenvalue weighted by atomic mass is 10.1. The summed E-state index contributed by atoms with van der Waals surface area (Å²) in [6, 6.07) is 2.98. The van der Waals surface area contributed by atoms with Crippen molar-refractivity contribution in [1.29, 1.82) is 0 Å². The lowest BCUT2D eigenvalue weighted by Gasteiger charge is -2.11. The van der Waals surface area contributed by atoms with Gasteiger partial charge in [-0.2, -0.15) is 0 Å². The molecule has 0 atom stereocenters. The van der Waals surface area contributed by atoms with Gasteiger partial charge >= 0.3 is 5.97 Å². The highest BCUT2D eigenvalue weighted by Crippen LogP contribution is 2.37. The normalized spacial score (nSPS) is 11.8. The number of carbonyl (C=O) groups excluding carboxylic acids is 3. The van der Waals surface area contributed by atoms with Gasteiger partial charge in [-0.25, -0.2) is 9.78 Å². The van der Waals surface area contributed by atoms with Crippen molar-refractivity contribution in [3.63, 3.8) is 0 Å². The first kappa shape index (κ1) is 17.3. The lowest BCUT2D eigenvalue weighted by molar-refractivity contribution is -0.119. The Morgan fingerprint density at radius 1 is 1.15 bits per heavy atom. The molecule has 1 amide bonds. The number of hydrogen-bond acceptors (Lipinski definition) is 8. The Labute approximate surface area is 148 Å². The highest BCUT2D eigenvalue weighted by molar-refractivity contribution is 6.05. The maximum atomic E-state index is 12.1. The van der Waals surface area contributed by atoms with E-state index in [0.717, 1.165) is 0 Å². The van der Waals surface area contributed by atoms with Crippen LogP contribution in [0, 0.1) is 6.92 Å². The summed E-state index contributed by atoms with van der Waals surface area (Å²) in [7, 11) is 0. The van der Waals surface area contributed by atoms with Crippen LogP contribution < -0.4 is 14.8 Å². The van der Waals surface area contributed by atoms with Crippen molar-refractivity contribution >= 4 is 23.3 Å². The van der Waals surface area contributed by atoms with Crippen LogP contribution in [0.15, 0.2) is 24.5 Å². The van der Waals surface area contributed by atoms with Crippen LogP contribution in [0.3, 0.4) is 0 Å². The van der Waals surface area contributed by atoms with Crippen LogP contribution in [0.1, 0.15) is 33.5 Å². The first-order chi connectivity index (χ1) is 12.4. The predicted molar refractivity (Wildman–Crippen MR) is 88.3 cm³/mol. The van der Waals surface area contributed by atoms with Gasteiger partial charge in [0.15, 0.2) is 29.6 Å². The first-order valence-corrected chi connectivity index (χ1v) is 7.64. The summed E-state index contributed by atoms with van der Waals surface area (Å²) in [5.74, 6) is -0.801. The van der Waals surface area contributed by atoms with E-state index in [2.05, 4.69) is 15.3 Å². The van der Waals surface area contributed by atoms with Crippen molar-refractivity contribution in [3.05, 3.63) is 41.5 Å². The number of nitrogens with zero attached hydrogens (tertiary/aromatic N) is 2.